The highest BCUT2D eigenvalue weighted by Crippen LogP contribution is 2.47. The number of aromatic amines is 1. The highest BCUT2D eigenvalue weighted by atomic mass is 19.4. The van der Waals surface area contributed by atoms with Crippen LogP contribution >= 0.6 is 0 Å². The minimum absolute atomic E-state index is 0.358. The van der Waals surface area contributed by atoms with Crippen LogP contribution in [0, 0.1) is 13.8 Å². The Balaban J connectivity index is 0.000000589. The predicted molar refractivity (Wildman–Crippen MR) is 109 cm³/mol. The minimum Gasteiger partial charge on any atom is -0.477 e. The maximum atomic E-state index is 11.8. The molecule has 1 unspecified atom stereocenters. The zero-order chi connectivity index (χ0) is 33.0. The van der Waals surface area contributed by atoms with Crippen molar-refractivity contribution in [3.05, 3.63) is 53.1 Å². The largest absolute Gasteiger partial charge is 0.477 e. The van der Waals surface area contributed by atoms with Gasteiger partial charge in [-0.25, -0.2) is 14.6 Å². The molecule has 0 saturated heterocycles. The summed E-state index contributed by atoms with van der Waals surface area (Å²) in [6, 6.07) is 6.44. The van der Waals surface area contributed by atoms with Gasteiger partial charge in [-0.15, -0.1) is 0 Å². The third kappa shape index (κ3) is 7.99. The summed E-state index contributed by atoms with van der Waals surface area (Å²) in [6.45, 7) is 6.52. The summed E-state index contributed by atoms with van der Waals surface area (Å²) in [5.41, 5.74) is 5.17. The predicted octanol–water partition coefficient (Wildman–Crippen LogP) is 6.99. The fraction of sp³-hybridized carbons (Fsp3) is 0.476. The van der Waals surface area contributed by atoms with E-state index in [9.17, 15) is 71.1 Å². The Morgan fingerprint density at radius 3 is 1.41 bits per heavy atom. The Morgan fingerprint density at radius 2 is 1.15 bits per heavy atom. The molecule has 1 heterocycles. The van der Waals surface area contributed by atoms with Crippen molar-refractivity contribution in [3.63, 3.8) is 0 Å². The van der Waals surface area contributed by atoms with Crippen LogP contribution in [0.3, 0.4) is 0 Å². The molecule has 234 valence electrons. The van der Waals surface area contributed by atoms with Gasteiger partial charge >= 0.3 is 48.0 Å². The number of aryl methyl sites for hydroxylation is 1. The average Bonchev–Trinajstić information content (AvgIpc) is 3.34. The Bertz CT molecular complexity index is 1130. The van der Waals surface area contributed by atoms with Crippen LogP contribution in [-0.2, 0) is 9.59 Å². The van der Waals surface area contributed by atoms with E-state index in [4.69, 9.17) is 10.2 Å². The molecular formula is C21H18F14N2O4. The summed E-state index contributed by atoms with van der Waals surface area (Å²) in [5, 5.41) is 14.8. The molecule has 0 radical (unpaired) electrons. The van der Waals surface area contributed by atoms with E-state index in [1.807, 2.05) is 6.20 Å². The van der Waals surface area contributed by atoms with E-state index in [2.05, 4.69) is 48.9 Å². The summed E-state index contributed by atoms with van der Waals surface area (Å²) in [7, 11) is 0. The van der Waals surface area contributed by atoms with Crippen LogP contribution in [0.5, 0.6) is 0 Å². The number of nitrogens with zero attached hydrogens (tertiary/aromatic N) is 1. The summed E-state index contributed by atoms with van der Waals surface area (Å²) in [6.07, 6.45) is -9.51. The first-order valence-corrected chi connectivity index (χ1v) is 10.2. The molecule has 1 atom stereocenters. The van der Waals surface area contributed by atoms with Gasteiger partial charge in [-0.2, -0.15) is 61.5 Å². The van der Waals surface area contributed by atoms with Gasteiger partial charge in [0, 0.05) is 12.1 Å². The standard InChI is InChI=1S/C13H16N2.2C4HF7O2/c1-9-5-4-6-12(10(9)2)11(3)13-7-14-8-15-13;2*5-2(6,1(12)13)3(7,8)4(9,10)11/h4-8,11H,1-3H3,(H,14,15);2*(H,12,13). The van der Waals surface area contributed by atoms with Crippen LogP contribution in [0.1, 0.15) is 35.2 Å². The SMILES string of the molecule is Cc1cccc(C(C)c2c[nH]cn2)c1C.O=C(O)C(F)(F)C(F)(F)C(F)(F)F.O=C(O)C(F)(F)C(F)(F)C(F)(F)F. The Kier molecular flexibility index (Phi) is 11.4. The molecule has 0 fully saturated rings. The normalized spacial score (nSPS) is 13.8. The number of carboxylic acids is 2. The number of rotatable bonds is 6. The molecular weight excluding hydrogens is 610 g/mol. The molecule has 20 heteroatoms. The second-order valence-corrected chi connectivity index (χ2v) is 7.91. The summed E-state index contributed by atoms with van der Waals surface area (Å²) >= 11 is 0. The van der Waals surface area contributed by atoms with Gasteiger partial charge < -0.3 is 15.2 Å². The topological polar surface area (TPSA) is 103 Å². The molecule has 3 N–H and O–H groups in total. The summed E-state index contributed by atoms with van der Waals surface area (Å²) < 4.78 is 161. The van der Waals surface area contributed by atoms with Gasteiger partial charge in [0.2, 0.25) is 0 Å². The Hall–Kier alpha value is -3.61. The van der Waals surface area contributed by atoms with Crippen LogP contribution in [-0.4, -0.2) is 68.2 Å². The van der Waals surface area contributed by atoms with Gasteiger partial charge in [-0.05, 0) is 30.5 Å². The van der Waals surface area contributed by atoms with E-state index < -0.39 is 48.0 Å². The van der Waals surface area contributed by atoms with Crippen molar-refractivity contribution in [3.8, 4) is 0 Å². The number of halogens is 14. The van der Waals surface area contributed by atoms with Crippen LogP contribution in [0.25, 0.3) is 0 Å². The molecule has 1 aromatic heterocycles. The Labute approximate surface area is 220 Å². The number of carbonyl (C=O) groups is 2. The van der Waals surface area contributed by atoms with E-state index in [1.54, 1.807) is 6.33 Å². The van der Waals surface area contributed by atoms with Crippen molar-refractivity contribution in [2.24, 2.45) is 0 Å². The fourth-order valence-electron chi connectivity index (χ4n) is 2.54. The van der Waals surface area contributed by atoms with E-state index in [1.165, 1.54) is 16.7 Å². The van der Waals surface area contributed by atoms with Gasteiger partial charge in [0.05, 0.1) is 12.0 Å². The van der Waals surface area contributed by atoms with Crippen molar-refractivity contribution >= 4 is 11.9 Å². The first-order valence-electron chi connectivity index (χ1n) is 10.2. The highest BCUT2D eigenvalue weighted by Gasteiger charge is 2.77. The molecule has 2 aromatic rings. The molecule has 0 saturated carbocycles. The smallest absolute Gasteiger partial charge is 0.460 e. The first kappa shape index (κ1) is 37.4. The van der Waals surface area contributed by atoms with Crippen molar-refractivity contribution in [1.29, 1.82) is 0 Å². The number of nitrogens with one attached hydrogen (secondary N) is 1. The number of hydrogen-bond donors (Lipinski definition) is 3. The molecule has 0 aliphatic carbocycles. The molecule has 2 rings (SSSR count). The molecule has 0 amide bonds. The van der Waals surface area contributed by atoms with E-state index in [0.29, 0.717) is 5.92 Å². The maximum absolute atomic E-state index is 11.8. The maximum Gasteiger partial charge on any atom is 0.460 e. The number of H-pyrrole nitrogens is 1. The Morgan fingerprint density at radius 1 is 0.756 bits per heavy atom. The van der Waals surface area contributed by atoms with E-state index >= 15 is 0 Å². The minimum atomic E-state index is -6.60. The molecule has 1 aromatic carbocycles. The van der Waals surface area contributed by atoms with Crippen molar-refractivity contribution < 1.29 is 81.3 Å². The van der Waals surface area contributed by atoms with Gasteiger partial charge in [0.1, 0.15) is 0 Å². The van der Waals surface area contributed by atoms with Crippen LogP contribution in [0.15, 0.2) is 30.7 Å². The third-order valence-corrected chi connectivity index (χ3v) is 5.11. The number of imidazole rings is 1. The number of hydrogen-bond acceptors (Lipinski definition) is 3. The molecule has 0 bridgehead atoms. The number of alkyl halides is 14. The van der Waals surface area contributed by atoms with Crippen molar-refractivity contribution in [2.75, 3.05) is 0 Å². The summed E-state index contributed by atoms with van der Waals surface area (Å²) in [5.74, 6) is -32.2. The lowest BCUT2D eigenvalue weighted by Gasteiger charge is -2.24. The van der Waals surface area contributed by atoms with Gasteiger partial charge in [-0.1, -0.05) is 25.1 Å². The quantitative estimate of drug-likeness (QED) is 0.300. The molecule has 0 aliphatic heterocycles. The number of benzene rings is 1. The second-order valence-electron chi connectivity index (χ2n) is 7.91. The molecule has 41 heavy (non-hydrogen) atoms. The van der Waals surface area contributed by atoms with Crippen molar-refractivity contribution in [2.45, 2.75) is 62.7 Å². The number of aliphatic carboxylic acids is 2. The number of aromatic nitrogens is 2. The lowest BCUT2D eigenvalue weighted by Crippen LogP contribution is -2.56. The zero-order valence-corrected chi connectivity index (χ0v) is 20.4. The van der Waals surface area contributed by atoms with E-state index in [-0.39, 0.29) is 0 Å². The van der Waals surface area contributed by atoms with Gasteiger partial charge in [0.15, 0.2) is 0 Å². The number of carboxylic acid groups (broad SMARTS) is 2. The van der Waals surface area contributed by atoms with Crippen LogP contribution in [0.2, 0.25) is 0 Å². The van der Waals surface area contributed by atoms with Crippen LogP contribution < -0.4 is 0 Å². The lowest BCUT2D eigenvalue weighted by molar-refractivity contribution is -0.347. The summed E-state index contributed by atoms with van der Waals surface area (Å²) in [4.78, 5) is 26.1. The second kappa shape index (κ2) is 12.5. The zero-order valence-electron chi connectivity index (χ0n) is 20.4. The van der Waals surface area contributed by atoms with Crippen molar-refractivity contribution in [1.82, 2.24) is 9.97 Å². The third-order valence-electron chi connectivity index (χ3n) is 5.11. The van der Waals surface area contributed by atoms with Gasteiger partial charge in [0.25, 0.3) is 0 Å². The van der Waals surface area contributed by atoms with Crippen LogP contribution in [0.4, 0.5) is 61.5 Å². The van der Waals surface area contributed by atoms with Gasteiger partial charge in [-0.3, -0.25) is 0 Å². The lowest BCUT2D eigenvalue weighted by atomic mass is 9.92. The molecule has 6 nitrogen and oxygen atoms in total. The fourth-order valence-corrected chi connectivity index (χ4v) is 2.54. The van der Waals surface area contributed by atoms with E-state index in [0.717, 1.165) is 5.69 Å². The highest BCUT2D eigenvalue weighted by molar-refractivity contribution is 5.77. The monoisotopic (exact) mass is 628 g/mol. The molecule has 0 aliphatic rings. The first-order chi connectivity index (χ1) is 18.1. The molecule has 0 spiro atoms. The average molecular weight is 628 g/mol.